The van der Waals surface area contributed by atoms with Crippen molar-refractivity contribution >= 4 is 29.1 Å². The number of amides is 1. The minimum atomic E-state index is -0.201. The summed E-state index contributed by atoms with van der Waals surface area (Å²) < 4.78 is 0. The van der Waals surface area contributed by atoms with Crippen molar-refractivity contribution in [3.63, 3.8) is 0 Å². The average molecular weight is 272 g/mol. The minimum Gasteiger partial charge on any atom is -0.345 e. The van der Waals surface area contributed by atoms with E-state index in [1.807, 2.05) is 6.92 Å². The zero-order valence-electron chi connectivity index (χ0n) is 9.72. The number of hydrogen-bond acceptors (Lipinski definition) is 1. The molecule has 1 aromatic rings. The molecule has 1 saturated carbocycles. The first-order valence-corrected chi connectivity index (χ1v) is 6.63. The van der Waals surface area contributed by atoms with Gasteiger partial charge in [-0.1, -0.05) is 17.7 Å². The van der Waals surface area contributed by atoms with Gasteiger partial charge in [-0.25, -0.2) is 0 Å². The Bertz CT molecular complexity index is 436. The number of alkyl halides is 1. The smallest absolute Gasteiger partial charge is 0.252 e. The number of rotatable bonds is 3. The molecule has 0 aliphatic heterocycles. The minimum absolute atomic E-state index is 0.0784. The zero-order chi connectivity index (χ0) is 12.5. The van der Waals surface area contributed by atoms with Crippen LogP contribution in [0.25, 0.3) is 0 Å². The Labute approximate surface area is 111 Å². The van der Waals surface area contributed by atoms with Crippen molar-refractivity contribution < 1.29 is 4.79 Å². The summed E-state index contributed by atoms with van der Waals surface area (Å²) in [5, 5.41) is 3.65. The van der Waals surface area contributed by atoms with Crippen LogP contribution in [0.2, 0.25) is 5.02 Å². The lowest BCUT2D eigenvalue weighted by Gasteiger charge is -2.41. The highest BCUT2D eigenvalue weighted by molar-refractivity contribution is 6.31. The van der Waals surface area contributed by atoms with Crippen molar-refractivity contribution in [2.24, 2.45) is 0 Å². The van der Waals surface area contributed by atoms with Gasteiger partial charge in [0.25, 0.3) is 5.91 Å². The SMILES string of the molecule is Cc1c(Cl)cccc1C(=O)NC1(CCl)CCC1. The summed E-state index contributed by atoms with van der Waals surface area (Å²) in [7, 11) is 0. The van der Waals surface area contributed by atoms with Crippen LogP contribution in [0.5, 0.6) is 0 Å². The first-order valence-electron chi connectivity index (χ1n) is 5.72. The third-order valence-electron chi connectivity index (χ3n) is 3.46. The highest BCUT2D eigenvalue weighted by atomic mass is 35.5. The topological polar surface area (TPSA) is 29.1 Å². The molecule has 0 radical (unpaired) electrons. The van der Waals surface area contributed by atoms with E-state index in [9.17, 15) is 4.79 Å². The van der Waals surface area contributed by atoms with Gasteiger partial charge in [0.2, 0.25) is 0 Å². The summed E-state index contributed by atoms with van der Waals surface area (Å²) in [5.74, 6) is 0.392. The number of benzene rings is 1. The third kappa shape index (κ3) is 2.43. The fraction of sp³-hybridized carbons (Fsp3) is 0.462. The van der Waals surface area contributed by atoms with Crippen LogP contribution in [-0.2, 0) is 0 Å². The second-order valence-electron chi connectivity index (χ2n) is 4.63. The largest absolute Gasteiger partial charge is 0.345 e. The van der Waals surface area contributed by atoms with Gasteiger partial charge >= 0.3 is 0 Å². The molecule has 0 atom stereocenters. The van der Waals surface area contributed by atoms with Crippen LogP contribution in [-0.4, -0.2) is 17.3 Å². The van der Waals surface area contributed by atoms with Crippen LogP contribution < -0.4 is 5.32 Å². The summed E-state index contributed by atoms with van der Waals surface area (Å²) in [5.41, 5.74) is 1.25. The Morgan fingerprint density at radius 3 is 2.71 bits per heavy atom. The van der Waals surface area contributed by atoms with Crippen LogP contribution in [0.1, 0.15) is 35.2 Å². The average Bonchev–Trinajstić information content (AvgIpc) is 2.27. The molecule has 0 saturated heterocycles. The fourth-order valence-electron chi connectivity index (χ4n) is 2.06. The normalized spacial score (nSPS) is 17.4. The van der Waals surface area contributed by atoms with Crippen LogP contribution >= 0.6 is 23.2 Å². The van der Waals surface area contributed by atoms with Crippen LogP contribution in [0, 0.1) is 6.92 Å². The summed E-state index contributed by atoms with van der Waals surface area (Å²) in [6, 6.07) is 5.36. The molecule has 92 valence electrons. The molecule has 0 heterocycles. The maximum absolute atomic E-state index is 12.2. The van der Waals surface area contributed by atoms with Crippen LogP contribution in [0.4, 0.5) is 0 Å². The molecule has 2 rings (SSSR count). The monoisotopic (exact) mass is 271 g/mol. The second-order valence-corrected chi connectivity index (χ2v) is 5.31. The van der Waals surface area contributed by atoms with E-state index in [-0.39, 0.29) is 11.4 Å². The molecule has 2 nitrogen and oxygen atoms in total. The van der Waals surface area contributed by atoms with E-state index in [1.54, 1.807) is 18.2 Å². The lowest BCUT2D eigenvalue weighted by Crippen LogP contribution is -2.55. The predicted molar refractivity (Wildman–Crippen MR) is 71.0 cm³/mol. The summed E-state index contributed by atoms with van der Waals surface area (Å²) in [4.78, 5) is 12.2. The van der Waals surface area contributed by atoms with E-state index >= 15 is 0 Å². The van der Waals surface area contributed by atoms with E-state index in [2.05, 4.69) is 5.32 Å². The van der Waals surface area contributed by atoms with E-state index in [0.717, 1.165) is 24.8 Å². The van der Waals surface area contributed by atoms with Gasteiger partial charge in [0.05, 0.1) is 5.54 Å². The summed E-state index contributed by atoms with van der Waals surface area (Å²) in [6.45, 7) is 1.85. The molecular formula is C13H15Cl2NO. The maximum atomic E-state index is 12.2. The lowest BCUT2D eigenvalue weighted by atomic mass is 9.78. The van der Waals surface area contributed by atoms with E-state index < -0.39 is 0 Å². The summed E-state index contributed by atoms with van der Waals surface area (Å²) >= 11 is 11.9. The molecular weight excluding hydrogens is 257 g/mol. The molecule has 0 aromatic heterocycles. The molecule has 1 aliphatic carbocycles. The predicted octanol–water partition coefficient (Wildman–Crippen LogP) is 3.54. The first-order chi connectivity index (χ1) is 8.08. The van der Waals surface area contributed by atoms with Crippen molar-refractivity contribution in [2.75, 3.05) is 5.88 Å². The van der Waals surface area contributed by atoms with Crippen molar-refractivity contribution in [3.05, 3.63) is 34.3 Å². The van der Waals surface area contributed by atoms with Gasteiger partial charge in [-0.15, -0.1) is 11.6 Å². The lowest BCUT2D eigenvalue weighted by molar-refractivity contribution is 0.0853. The van der Waals surface area contributed by atoms with Crippen LogP contribution in [0.15, 0.2) is 18.2 Å². The van der Waals surface area contributed by atoms with Crippen molar-refractivity contribution in [3.8, 4) is 0 Å². The van der Waals surface area contributed by atoms with Crippen LogP contribution in [0.3, 0.4) is 0 Å². The Kier molecular flexibility index (Phi) is 3.64. The van der Waals surface area contributed by atoms with Crippen molar-refractivity contribution in [2.45, 2.75) is 31.7 Å². The van der Waals surface area contributed by atoms with Crippen molar-refractivity contribution in [1.29, 1.82) is 0 Å². The van der Waals surface area contributed by atoms with Crippen molar-refractivity contribution in [1.82, 2.24) is 5.32 Å². The highest BCUT2D eigenvalue weighted by Gasteiger charge is 2.37. The molecule has 4 heteroatoms. The van der Waals surface area contributed by atoms with E-state index in [1.165, 1.54) is 0 Å². The van der Waals surface area contributed by atoms with Gasteiger partial charge in [-0.05, 0) is 43.9 Å². The Morgan fingerprint density at radius 2 is 2.18 bits per heavy atom. The number of carbonyl (C=O) groups is 1. The maximum Gasteiger partial charge on any atom is 0.252 e. The standard InChI is InChI=1S/C13H15Cl2NO/c1-9-10(4-2-5-11(9)15)12(17)16-13(8-14)6-3-7-13/h2,4-5H,3,6-8H2,1H3,(H,16,17). The van der Waals surface area contributed by atoms with Gasteiger partial charge in [-0.2, -0.15) is 0 Å². The second kappa shape index (κ2) is 4.87. The molecule has 17 heavy (non-hydrogen) atoms. The molecule has 1 fully saturated rings. The Morgan fingerprint density at radius 1 is 1.47 bits per heavy atom. The molecule has 0 unspecified atom stereocenters. The highest BCUT2D eigenvalue weighted by Crippen LogP contribution is 2.33. The fourth-order valence-corrected chi connectivity index (χ4v) is 2.57. The Balaban J connectivity index is 2.17. The number of hydrogen-bond donors (Lipinski definition) is 1. The van der Waals surface area contributed by atoms with Gasteiger partial charge < -0.3 is 5.32 Å². The molecule has 0 bridgehead atoms. The molecule has 1 N–H and O–H groups in total. The van der Waals surface area contributed by atoms with Gasteiger partial charge in [0.1, 0.15) is 0 Å². The zero-order valence-corrected chi connectivity index (χ0v) is 11.2. The van der Waals surface area contributed by atoms with Gasteiger partial charge in [-0.3, -0.25) is 4.79 Å². The number of carbonyl (C=O) groups excluding carboxylic acids is 1. The summed E-state index contributed by atoms with van der Waals surface area (Å²) in [6.07, 6.45) is 3.05. The molecule has 1 amide bonds. The number of nitrogens with one attached hydrogen (secondary N) is 1. The van der Waals surface area contributed by atoms with Gasteiger partial charge in [0, 0.05) is 16.5 Å². The molecule has 0 spiro atoms. The first kappa shape index (κ1) is 12.7. The molecule has 1 aliphatic rings. The van der Waals surface area contributed by atoms with E-state index in [4.69, 9.17) is 23.2 Å². The molecule has 1 aromatic carbocycles. The van der Waals surface area contributed by atoms with E-state index in [0.29, 0.717) is 16.5 Å². The third-order valence-corrected chi connectivity index (χ3v) is 4.38. The quantitative estimate of drug-likeness (QED) is 0.838. The Hall–Kier alpha value is -0.730. The van der Waals surface area contributed by atoms with Gasteiger partial charge in [0.15, 0.2) is 0 Å². The number of halogens is 2.